The van der Waals surface area contributed by atoms with Gasteiger partial charge in [0.05, 0.1) is 18.4 Å². The molecule has 0 fully saturated rings. The molecule has 2 N–H and O–H groups in total. The highest BCUT2D eigenvalue weighted by Gasteiger charge is 2.11. The van der Waals surface area contributed by atoms with Crippen LogP contribution in [0.2, 0.25) is 0 Å². The second-order valence-corrected chi connectivity index (χ2v) is 5.37. The van der Waals surface area contributed by atoms with E-state index in [1.165, 1.54) is 12.1 Å². The van der Waals surface area contributed by atoms with Crippen molar-refractivity contribution in [3.63, 3.8) is 0 Å². The first kappa shape index (κ1) is 15.6. The van der Waals surface area contributed by atoms with Gasteiger partial charge in [-0.25, -0.2) is 4.39 Å². The van der Waals surface area contributed by atoms with Gasteiger partial charge in [-0.2, -0.15) is 0 Å². The SMILES string of the molecule is CC(C)CCCOc1cc(OC(C)C)c(F)cc1N. The average Bonchev–Trinajstić information content (AvgIpc) is 2.29. The zero-order valence-electron chi connectivity index (χ0n) is 12.2. The van der Waals surface area contributed by atoms with Gasteiger partial charge in [0.25, 0.3) is 0 Å². The van der Waals surface area contributed by atoms with E-state index in [-0.39, 0.29) is 11.9 Å². The maximum Gasteiger partial charge on any atom is 0.167 e. The van der Waals surface area contributed by atoms with Gasteiger partial charge in [-0.1, -0.05) is 13.8 Å². The maximum absolute atomic E-state index is 13.6. The van der Waals surface area contributed by atoms with Crippen molar-refractivity contribution in [2.45, 2.75) is 46.6 Å². The number of halogens is 1. The zero-order chi connectivity index (χ0) is 14.4. The summed E-state index contributed by atoms with van der Waals surface area (Å²) in [6.07, 6.45) is 1.96. The van der Waals surface area contributed by atoms with Crippen LogP contribution >= 0.6 is 0 Å². The van der Waals surface area contributed by atoms with Gasteiger partial charge in [-0.05, 0) is 32.6 Å². The Kier molecular flexibility index (Phi) is 5.93. The highest BCUT2D eigenvalue weighted by molar-refractivity contribution is 5.56. The molecule has 108 valence electrons. The minimum atomic E-state index is -0.458. The van der Waals surface area contributed by atoms with Crippen molar-refractivity contribution in [1.82, 2.24) is 0 Å². The van der Waals surface area contributed by atoms with Gasteiger partial charge in [0.2, 0.25) is 0 Å². The zero-order valence-corrected chi connectivity index (χ0v) is 12.2. The first-order chi connectivity index (χ1) is 8.90. The fraction of sp³-hybridized carbons (Fsp3) is 0.600. The van der Waals surface area contributed by atoms with E-state index in [1.54, 1.807) is 0 Å². The molecule has 3 nitrogen and oxygen atoms in total. The van der Waals surface area contributed by atoms with Gasteiger partial charge in [0, 0.05) is 12.1 Å². The standard InChI is InChI=1S/C15H24FNO2/c1-10(2)6-5-7-18-15-9-14(19-11(3)4)12(16)8-13(15)17/h8-11H,5-7,17H2,1-4H3. The monoisotopic (exact) mass is 269 g/mol. The Hall–Kier alpha value is -1.45. The molecular formula is C15H24FNO2. The van der Waals surface area contributed by atoms with Crippen molar-refractivity contribution in [3.8, 4) is 11.5 Å². The molecule has 0 unspecified atom stereocenters. The number of hydrogen-bond donors (Lipinski definition) is 1. The third-order valence-corrected chi connectivity index (χ3v) is 2.61. The third-order valence-electron chi connectivity index (χ3n) is 2.61. The van der Waals surface area contributed by atoms with Crippen molar-refractivity contribution in [3.05, 3.63) is 17.9 Å². The Bertz CT molecular complexity index is 405. The Labute approximate surface area is 114 Å². The molecule has 0 heterocycles. The maximum atomic E-state index is 13.6. The smallest absolute Gasteiger partial charge is 0.167 e. The van der Waals surface area contributed by atoms with E-state index in [1.807, 2.05) is 13.8 Å². The molecule has 0 spiro atoms. The Morgan fingerprint density at radius 2 is 1.84 bits per heavy atom. The lowest BCUT2D eigenvalue weighted by Gasteiger charge is -2.14. The summed E-state index contributed by atoms with van der Waals surface area (Å²) in [5, 5.41) is 0. The topological polar surface area (TPSA) is 44.5 Å². The quantitative estimate of drug-likeness (QED) is 0.601. The van der Waals surface area contributed by atoms with Crippen molar-refractivity contribution < 1.29 is 13.9 Å². The highest BCUT2D eigenvalue weighted by atomic mass is 19.1. The molecule has 1 aromatic rings. The number of ether oxygens (including phenoxy) is 2. The lowest BCUT2D eigenvalue weighted by Crippen LogP contribution is -2.08. The number of nitrogens with two attached hydrogens (primary N) is 1. The van der Waals surface area contributed by atoms with Gasteiger partial charge < -0.3 is 15.2 Å². The molecule has 0 amide bonds. The molecule has 0 aliphatic heterocycles. The first-order valence-corrected chi connectivity index (χ1v) is 6.78. The van der Waals surface area contributed by atoms with Crippen molar-refractivity contribution in [2.24, 2.45) is 5.92 Å². The van der Waals surface area contributed by atoms with Crippen LogP contribution in [0.4, 0.5) is 10.1 Å². The van der Waals surface area contributed by atoms with Crippen LogP contribution in [-0.2, 0) is 0 Å². The van der Waals surface area contributed by atoms with Crippen LogP contribution in [0, 0.1) is 11.7 Å². The third kappa shape index (κ3) is 5.37. The number of hydrogen-bond acceptors (Lipinski definition) is 3. The van der Waals surface area contributed by atoms with E-state index in [0.717, 1.165) is 12.8 Å². The molecule has 0 saturated carbocycles. The predicted molar refractivity (Wildman–Crippen MR) is 76.1 cm³/mol. The van der Waals surface area contributed by atoms with E-state index in [9.17, 15) is 4.39 Å². The molecule has 0 aliphatic rings. The van der Waals surface area contributed by atoms with Crippen molar-refractivity contribution in [2.75, 3.05) is 12.3 Å². The van der Waals surface area contributed by atoms with E-state index in [2.05, 4.69) is 13.8 Å². The number of benzene rings is 1. The summed E-state index contributed by atoms with van der Waals surface area (Å²) < 4.78 is 24.6. The molecule has 0 radical (unpaired) electrons. The largest absolute Gasteiger partial charge is 0.491 e. The summed E-state index contributed by atoms with van der Waals surface area (Å²) >= 11 is 0. The summed E-state index contributed by atoms with van der Waals surface area (Å²) in [4.78, 5) is 0. The molecule has 19 heavy (non-hydrogen) atoms. The lowest BCUT2D eigenvalue weighted by atomic mass is 10.1. The van der Waals surface area contributed by atoms with Gasteiger partial charge in [0.15, 0.2) is 11.6 Å². The van der Waals surface area contributed by atoms with Crippen LogP contribution in [0.25, 0.3) is 0 Å². The summed E-state index contributed by atoms with van der Waals surface area (Å²) in [7, 11) is 0. The van der Waals surface area contributed by atoms with E-state index < -0.39 is 5.82 Å². The van der Waals surface area contributed by atoms with Crippen LogP contribution in [0.1, 0.15) is 40.5 Å². The average molecular weight is 269 g/mol. The normalized spacial score (nSPS) is 11.1. The summed E-state index contributed by atoms with van der Waals surface area (Å²) in [6.45, 7) is 8.61. The van der Waals surface area contributed by atoms with Crippen LogP contribution in [0.5, 0.6) is 11.5 Å². The highest BCUT2D eigenvalue weighted by Crippen LogP contribution is 2.31. The molecular weight excluding hydrogens is 245 g/mol. The Morgan fingerprint density at radius 3 is 2.42 bits per heavy atom. The second kappa shape index (κ2) is 7.22. The number of rotatable bonds is 7. The van der Waals surface area contributed by atoms with Gasteiger partial charge in [-0.15, -0.1) is 0 Å². The lowest BCUT2D eigenvalue weighted by molar-refractivity contribution is 0.228. The van der Waals surface area contributed by atoms with Crippen molar-refractivity contribution >= 4 is 5.69 Å². The number of anilines is 1. The van der Waals surface area contributed by atoms with E-state index in [0.29, 0.717) is 24.0 Å². The molecule has 0 atom stereocenters. The van der Waals surface area contributed by atoms with Crippen molar-refractivity contribution in [1.29, 1.82) is 0 Å². The molecule has 0 aliphatic carbocycles. The molecule has 0 bridgehead atoms. The van der Waals surface area contributed by atoms with Gasteiger partial charge in [0.1, 0.15) is 5.75 Å². The summed E-state index contributed by atoms with van der Waals surface area (Å²) in [5.41, 5.74) is 6.05. The summed E-state index contributed by atoms with van der Waals surface area (Å²) in [5.74, 6) is 0.860. The molecule has 1 aromatic carbocycles. The van der Waals surface area contributed by atoms with Gasteiger partial charge in [-0.3, -0.25) is 0 Å². The van der Waals surface area contributed by atoms with Gasteiger partial charge >= 0.3 is 0 Å². The second-order valence-electron chi connectivity index (χ2n) is 5.37. The fourth-order valence-corrected chi connectivity index (χ4v) is 1.69. The van der Waals surface area contributed by atoms with Crippen LogP contribution < -0.4 is 15.2 Å². The molecule has 1 rings (SSSR count). The van der Waals surface area contributed by atoms with Crippen LogP contribution in [-0.4, -0.2) is 12.7 Å². The minimum absolute atomic E-state index is 0.0908. The Morgan fingerprint density at radius 1 is 1.16 bits per heavy atom. The van der Waals surface area contributed by atoms with E-state index in [4.69, 9.17) is 15.2 Å². The Balaban J connectivity index is 2.66. The molecule has 0 saturated heterocycles. The summed E-state index contributed by atoms with van der Waals surface area (Å²) in [6, 6.07) is 2.77. The van der Waals surface area contributed by atoms with Crippen LogP contribution in [0.3, 0.4) is 0 Å². The van der Waals surface area contributed by atoms with Crippen LogP contribution in [0.15, 0.2) is 12.1 Å². The predicted octanol–water partition coefficient (Wildman–Crippen LogP) is 4.01. The first-order valence-electron chi connectivity index (χ1n) is 6.78. The molecule has 0 aromatic heterocycles. The molecule has 4 heteroatoms. The number of nitrogen functional groups attached to an aromatic ring is 1. The van der Waals surface area contributed by atoms with E-state index >= 15 is 0 Å². The fourth-order valence-electron chi connectivity index (χ4n) is 1.69. The minimum Gasteiger partial charge on any atom is -0.491 e.